The van der Waals surface area contributed by atoms with Gasteiger partial charge < -0.3 is 10.4 Å². The third kappa shape index (κ3) is 3.51. The van der Waals surface area contributed by atoms with Crippen LogP contribution in [0.15, 0.2) is 36.5 Å². The van der Waals surface area contributed by atoms with Crippen LogP contribution in [0.1, 0.15) is 32.4 Å². The number of aliphatic carboxylic acids is 1. The molecule has 6 nitrogen and oxygen atoms in total. The summed E-state index contributed by atoms with van der Waals surface area (Å²) in [5, 5.41) is 21.2. The van der Waals surface area contributed by atoms with Gasteiger partial charge in [-0.15, -0.1) is 0 Å². The lowest BCUT2D eigenvalue weighted by Crippen LogP contribution is -2.40. The molecule has 0 fully saturated rings. The van der Waals surface area contributed by atoms with Gasteiger partial charge in [0.2, 0.25) is 0 Å². The number of aromatic nitrogens is 3. The van der Waals surface area contributed by atoms with Crippen molar-refractivity contribution >= 4 is 5.97 Å². The highest BCUT2D eigenvalue weighted by Crippen LogP contribution is 2.25. The van der Waals surface area contributed by atoms with E-state index in [1.807, 2.05) is 44.2 Å². The van der Waals surface area contributed by atoms with Crippen LogP contribution in [0.2, 0.25) is 0 Å². The number of nitrogens with zero attached hydrogens (tertiary/aromatic N) is 3. The van der Waals surface area contributed by atoms with E-state index in [2.05, 4.69) is 15.5 Å². The lowest BCUT2D eigenvalue weighted by Gasteiger charge is -2.26. The molecular formula is C16H22N4O2. The van der Waals surface area contributed by atoms with Crippen molar-refractivity contribution in [3.63, 3.8) is 0 Å². The summed E-state index contributed by atoms with van der Waals surface area (Å²) >= 11 is 0. The molecule has 0 unspecified atom stereocenters. The zero-order chi connectivity index (χ0) is 16.0. The maximum absolute atomic E-state index is 11.4. The highest BCUT2D eigenvalue weighted by atomic mass is 16.4. The van der Waals surface area contributed by atoms with Crippen LogP contribution in [0.5, 0.6) is 0 Å². The van der Waals surface area contributed by atoms with E-state index in [4.69, 9.17) is 0 Å². The molecule has 2 N–H and O–H groups in total. The van der Waals surface area contributed by atoms with Crippen LogP contribution in [0, 0.1) is 5.41 Å². The normalized spacial score (nSPS) is 11.5. The second kappa shape index (κ2) is 7.17. The Balaban J connectivity index is 1.96. The topological polar surface area (TPSA) is 80.0 Å². The second-order valence-corrected chi connectivity index (χ2v) is 5.36. The third-order valence-corrected chi connectivity index (χ3v) is 4.10. The molecule has 0 aliphatic carbocycles. The van der Waals surface area contributed by atoms with Crippen LogP contribution in [0.25, 0.3) is 5.69 Å². The first-order valence-corrected chi connectivity index (χ1v) is 7.52. The molecule has 0 radical (unpaired) electrons. The van der Waals surface area contributed by atoms with Crippen molar-refractivity contribution in [3.05, 3.63) is 42.2 Å². The monoisotopic (exact) mass is 302 g/mol. The van der Waals surface area contributed by atoms with Gasteiger partial charge in [0.15, 0.2) is 0 Å². The fourth-order valence-electron chi connectivity index (χ4n) is 2.37. The van der Waals surface area contributed by atoms with Crippen molar-refractivity contribution in [3.8, 4) is 5.69 Å². The molecule has 2 aromatic rings. The maximum atomic E-state index is 11.4. The first-order valence-electron chi connectivity index (χ1n) is 7.52. The van der Waals surface area contributed by atoms with Crippen molar-refractivity contribution in [2.24, 2.45) is 5.41 Å². The Labute approximate surface area is 130 Å². The summed E-state index contributed by atoms with van der Waals surface area (Å²) in [6, 6.07) is 9.67. The number of benzene rings is 1. The van der Waals surface area contributed by atoms with Gasteiger partial charge in [-0.1, -0.05) is 32.0 Å². The van der Waals surface area contributed by atoms with Gasteiger partial charge in [-0.2, -0.15) is 15.0 Å². The van der Waals surface area contributed by atoms with Crippen LogP contribution in [-0.4, -0.2) is 32.6 Å². The molecule has 22 heavy (non-hydrogen) atoms. The van der Waals surface area contributed by atoms with Gasteiger partial charge in [0.1, 0.15) is 0 Å². The summed E-state index contributed by atoms with van der Waals surface area (Å²) < 4.78 is 0. The molecule has 1 aromatic heterocycles. The van der Waals surface area contributed by atoms with Crippen LogP contribution in [0.3, 0.4) is 0 Å². The van der Waals surface area contributed by atoms with E-state index in [9.17, 15) is 9.90 Å². The number of nitrogens with one attached hydrogen (secondary N) is 1. The lowest BCUT2D eigenvalue weighted by atomic mass is 9.82. The van der Waals surface area contributed by atoms with E-state index >= 15 is 0 Å². The molecule has 0 bridgehead atoms. The molecule has 118 valence electrons. The Morgan fingerprint density at radius 1 is 1.27 bits per heavy atom. The summed E-state index contributed by atoms with van der Waals surface area (Å²) in [7, 11) is 0. The summed E-state index contributed by atoms with van der Waals surface area (Å²) in [5.41, 5.74) is 0.973. The van der Waals surface area contributed by atoms with Crippen molar-refractivity contribution in [1.29, 1.82) is 0 Å². The van der Waals surface area contributed by atoms with Crippen LogP contribution >= 0.6 is 0 Å². The van der Waals surface area contributed by atoms with Gasteiger partial charge in [0, 0.05) is 13.1 Å². The number of hydrogen-bond donors (Lipinski definition) is 2. The van der Waals surface area contributed by atoms with Gasteiger partial charge in [0.05, 0.1) is 23.0 Å². The zero-order valence-electron chi connectivity index (χ0n) is 13.0. The molecule has 6 heteroatoms. The van der Waals surface area contributed by atoms with Gasteiger partial charge >= 0.3 is 5.97 Å². The molecule has 0 atom stereocenters. The van der Waals surface area contributed by atoms with Gasteiger partial charge in [-0.05, 0) is 25.0 Å². The minimum atomic E-state index is -0.752. The number of carboxylic acids is 1. The minimum Gasteiger partial charge on any atom is -0.481 e. The van der Waals surface area contributed by atoms with Gasteiger partial charge in [-0.25, -0.2) is 0 Å². The lowest BCUT2D eigenvalue weighted by molar-refractivity contribution is -0.149. The molecule has 0 aliphatic rings. The largest absolute Gasteiger partial charge is 0.481 e. The van der Waals surface area contributed by atoms with Crippen molar-refractivity contribution < 1.29 is 9.90 Å². The number of carbonyl (C=O) groups is 1. The fraction of sp³-hybridized carbons (Fsp3) is 0.438. The minimum absolute atomic E-state index is 0.424. The van der Waals surface area contributed by atoms with E-state index in [0.29, 0.717) is 25.9 Å². The Bertz CT molecular complexity index is 606. The van der Waals surface area contributed by atoms with Crippen LogP contribution in [-0.2, 0) is 11.3 Å². The Kier molecular flexibility index (Phi) is 5.27. The molecular weight excluding hydrogens is 280 g/mol. The molecule has 0 saturated carbocycles. The average molecular weight is 302 g/mol. The Hall–Kier alpha value is -2.21. The van der Waals surface area contributed by atoms with E-state index in [-0.39, 0.29) is 0 Å². The summed E-state index contributed by atoms with van der Waals surface area (Å²) in [6.45, 7) is 4.74. The molecule has 0 spiro atoms. The second-order valence-electron chi connectivity index (χ2n) is 5.36. The highest BCUT2D eigenvalue weighted by molar-refractivity contribution is 5.74. The van der Waals surface area contributed by atoms with E-state index in [0.717, 1.165) is 11.4 Å². The fourth-order valence-corrected chi connectivity index (χ4v) is 2.37. The van der Waals surface area contributed by atoms with Crippen LogP contribution < -0.4 is 5.32 Å². The standard InChI is InChI=1S/C16H22N4O2/c1-3-16(4-2,15(21)22)12-17-10-13-11-18-20(19-13)14-8-6-5-7-9-14/h5-9,11,17H,3-4,10,12H2,1-2H3,(H,21,22). The maximum Gasteiger partial charge on any atom is 0.310 e. The smallest absolute Gasteiger partial charge is 0.310 e. The molecule has 1 aromatic carbocycles. The molecule has 2 rings (SSSR count). The zero-order valence-corrected chi connectivity index (χ0v) is 13.0. The van der Waals surface area contributed by atoms with E-state index in [1.54, 1.807) is 11.0 Å². The SMILES string of the molecule is CCC(CC)(CNCc1cnn(-c2ccccc2)n1)C(=O)O. The average Bonchev–Trinajstić information content (AvgIpc) is 3.01. The molecule has 1 heterocycles. The summed E-state index contributed by atoms with van der Waals surface area (Å²) in [6.07, 6.45) is 2.89. The number of para-hydroxylation sites is 1. The first-order chi connectivity index (χ1) is 10.6. The van der Waals surface area contributed by atoms with Crippen molar-refractivity contribution in [2.45, 2.75) is 33.2 Å². The molecule has 0 aliphatic heterocycles. The van der Waals surface area contributed by atoms with E-state index < -0.39 is 11.4 Å². The van der Waals surface area contributed by atoms with Crippen molar-refractivity contribution in [1.82, 2.24) is 20.3 Å². The molecule has 0 amide bonds. The van der Waals surface area contributed by atoms with Gasteiger partial charge in [-0.3, -0.25) is 4.79 Å². The van der Waals surface area contributed by atoms with Crippen LogP contribution in [0.4, 0.5) is 0 Å². The number of hydrogen-bond acceptors (Lipinski definition) is 4. The Morgan fingerprint density at radius 2 is 1.95 bits per heavy atom. The predicted octanol–water partition coefficient (Wildman–Crippen LogP) is 2.25. The first kappa shape index (κ1) is 16.2. The van der Waals surface area contributed by atoms with E-state index in [1.165, 1.54) is 0 Å². The van der Waals surface area contributed by atoms with Gasteiger partial charge in [0.25, 0.3) is 0 Å². The van der Waals surface area contributed by atoms with Crippen molar-refractivity contribution in [2.75, 3.05) is 6.54 Å². The quantitative estimate of drug-likeness (QED) is 0.782. The summed E-state index contributed by atoms with van der Waals surface area (Å²) in [4.78, 5) is 13.0. The summed E-state index contributed by atoms with van der Waals surface area (Å²) in [5.74, 6) is -0.752. The molecule has 0 saturated heterocycles. The Morgan fingerprint density at radius 3 is 2.55 bits per heavy atom. The number of carboxylic acid groups (broad SMARTS) is 1. The third-order valence-electron chi connectivity index (χ3n) is 4.10. The number of rotatable bonds is 8. The highest BCUT2D eigenvalue weighted by Gasteiger charge is 2.34. The predicted molar refractivity (Wildman–Crippen MR) is 83.7 cm³/mol.